The van der Waals surface area contributed by atoms with Gasteiger partial charge in [-0.05, 0) is 52.9 Å². The van der Waals surface area contributed by atoms with Crippen LogP contribution in [0.1, 0.15) is 0 Å². The second-order valence-electron chi connectivity index (χ2n) is 3.61. The van der Waals surface area contributed by atoms with E-state index in [4.69, 9.17) is 17.3 Å². The molecule has 94 valence electrons. The van der Waals surface area contributed by atoms with Crippen molar-refractivity contribution in [2.24, 2.45) is 0 Å². The zero-order valence-corrected chi connectivity index (χ0v) is 11.9. The molecule has 0 radical (unpaired) electrons. The van der Waals surface area contributed by atoms with E-state index >= 15 is 0 Å². The first kappa shape index (κ1) is 13.4. The summed E-state index contributed by atoms with van der Waals surface area (Å²) < 4.78 is 28.1. The Balaban J connectivity index is 2.43. The Kier molecular flexibility index (Phi) is 3.91. The number of rotatable bonds is 2. The van der Waals surface area contributed by atoms with Gasteiger partial charge < -0.3 is 11.1 Å². The van der Waals surface area contributed by atoms with Crippen molar-refractivity contribution in [1.29, 1.82) is 0 Å². The molecule has 18 heavy (non-hydrogen) atoms. The van der Waals surface area contributed by atoms with Crippen LogP contribution in [0.5, 0.6) is 0 Å². The molecule has 0 heterocycles. The molecule has 0 saturated heterocycles. The van der Waals surface area contributed by atoms with Gasteiger partial charge in [-0.2, -0.15) is 0 Å². The Morgan fingerprint density at radius 3 is 2.33 bits per heavy atom. The monoisotopic (exact) mass is 380 g/mol. The first-order chi connectivity index (χ1) is 8.47. The average Bonchev–Trinajstić information content (AvgIpc) is 2.28. The number of nitrogens with two attached hydrogens (primary N) is 1. The Bertz CT molecular complexity index is 582. The molecule has 2 nitrogen and oxygen atoms in total. The second kappa shape index (κ2) is 5.27. The lowest BCUT2D eigenvalue weighted by molar-refractivity contribution is 0.592. The molecular formula is C12H8ClF2IN2. The quantitative estimate of drug-likeness (QED) is 0.593. The van der Waals surface area contributed by atoms with Gasteiger partial charge in [-0.25, -0.2) is 8.78 Å². The summed E-state index contributed by atoms with van der Waals surface area (Å²) in [7, 11) is 0. The van der Waals surface area contributed by atoms with Crippen LogP contribution in [-0.4, -0.2) is 0 Å². The van der Waals surface area contributed by atoms with E-state index in [1.165, 1.54) is 0 Å². The van der Waals surface area contributed by atoms with Gasteiger partial charge in [0.2, 0.25) is 0 Å². The van der Waals surface area contributed by atoms with E-state index in [1.807, 2.05) is 0 Å². The first-order valence-electron chi connectivity index (χ1n) is 4.94. The number of hydrogen-bond donors (Lipinski definition) is 2. The standard InChI is InChI=1S/C12H8ClF2IN2/c13-8-2-1-6(16)3-11(8)18-12-9(14)4-7(17)5-10(12)15/h1-5,18H,17H2. The number of nitrogen functional groups attached to an aromatic ring is 1. The molecule has 0 fully saturated rings. The predicted octanol–water partition coefficient (Wildman–Crippen LogP) is 4.55. The summed E-state index contributed by atoms with van der Waals surface area (Å²) in [5.74, 6) is -1.52. The van der Waals surface area contributed by atoms with Gasteiger partial charge in [0.1, 0.15) is 5.69 Å². The predicted molar refractivity (Wildman–Crippen MR) is 78.2 cm³/mol. The Morgan fingerprint density at radius 1 is 1.11 bits per heavy atom. The number of hydrogen-bond acceptors (Lipinski definition) is 2. The van der Waals surface area contributed by atoms with Gasteiger partial charge in [0.05, 0.1) is 10.7 Å². The molecule has 0 unspecified atom stereocenters. The van der Waals surface area contributed by atoms with Crippen LogP contribution in [-0.2, 0) is 0 Å². The molecule has 0 atom stereocenters. The van der Waals surface area contributed by atoms with E-state index in [0.29, 0.717) is 10.7 Å². The fourth-order valence-electron chi connectivity index (χ4n) is 1.44. The Morgan fingerprint density at radius 2 is 1.72 bits per heavy atom. The maximum Gasteiger partial charge on any atom is 0.151 e. The molecule has 0 aromatic heterocycles. The zero-order chi connectivity index (χ0) is 13.3. The summed E-state index contributed by atoms with van der Waals surface area (Å²) in [6, 6.07) is 7.24. The minimum Gasteiger partial charge on any atom is -0.399 e. The summed E-state index contributed by atoms with van der Waals surface area (Å²) >= 11 is 8.03. The van der Waals surface area contributed by atoms with Crippen LogP contribution in [0.2, 0.25) is 5.02 Å². The van der Waals surface area contributed by atoms with E-state index in [2.05, 4.69) is 27.9 Å². The van der Waals surface area contributed by atoms with E-state index in [0.717, 1.165) is 15.7 Å². The highest BCUT2D eigenvalue weighted by molar-refractivity contribution is 14.1. The van der Waals surface area contributed by atoms with Gasteiger partial charge in [0.25, 0.3) is 0 Å². The third-order valence-corrected chi connectivity index (χ3v) is 3.25. The Labute approximate surface area is 121 Å². The van der Waals surface area contributed by atoms with Crippen molar-refractivity contribution in [2.45, 2.75) is 0 Å². The topological polar surface area (TPSA) is 38.0 Å². The summed E-state index contributed by atoms with van der Waals surface area (Å²) in [4.78, 5) is 0. The SMILES string of the molecule is Nc1cc(F)c(Nc2cc(I)ccc2Cl)c(F)c1. The molecule has 0 aliphatic rings. The number of benzene rings is 2. The van der Waals surface area contributed by atoms with Crippen molar-refractivity contribution in [3.05, 3.63) is 50.6 Å². The van der Waals surface area contributed by atoms with Crippen molar-refractivity contribution in [3.8, 4) is 0 Å². The third kappa shape index (κ3) is 2.84. The van der Waals surface area contributed by atoms with Crippen LogP contribution in [0.3, 0.4) is 0 Å². The second-order valence-corrected chi connectivity index (χ2v) is 5.26. The minimum absolute atomic E-state index is 0.0317. The molecule has 0 aliphatic carbocycles. The number of halogens is 4. The van der Waals surface area contributed by atoms with Crippen molar-refractivity contribution in [3.63, 3.8) is 0 Å². The van der Waals surface area contributed by atoms with Crippen molar-refractivity contribution < 1.29 is 8.78 Å². The van der Waals surface area contributed by atoms with Gasteiger partial charge in [0, 0.05) is 9.26 Å². The highest BCUT2D eigenvalue weighted by atomic mass is 127. The zero-order valence-electron chi connectivity index (χ0n) is 8.98. The van der Waals surface area contributed by atoms with Gasteiger partial charge in [0.15, 0.2) is 11.6 Å². The molecule has 3 N–H and O–H groups in total. The van der Waals surface area contributed by atoms with Gasteiger partial charge in [-0.1, -0.05) is 11.6 Å². The van der Waals surface area contributed by atoms with Crippen molar-refractivity contribution in [1.82, 2.24) is 0 Å². The molecule has 2 rings (SSSR count). The number of anilines is 3. The van der Waals surface area contributed by atoms with E-state index in [1.54, 1.807) is 18.2 Å². The fraction of sp³-hybridized carbons (Fsp3) is 0. The average molecular weight is 381 g/mol. The molecule has 0 spiro atoms. The lowest BCUT2D eigenvalue weighted by Gasteiger charge is -2.11. The first-order valence-corrected chi connectivity index (χ1v) is 6.39. The third-order valence-electron chi connectivity index (χ3n) is 2.25. The lowest BCUT2D eigenvalue weighted by atomic mass is 10.2. The maximum absolute atomic E-state index is 13.6. The van der Waals surface area contributed by atoms with Crippen LogP contribution in [0.25, 0.3) is 0 Å². The smallest absolute Gasteiger partial charge is 0.151 e. The molecule has 2 aromatic rings. The highest BCUT2D eigenvalue weighted by Crippen LogP contribution is 2.30. The van der Waals surface area contributed by atoms with Crippen LogP contribution < -0.4 is 11.1 Å². The van der Waals surface area contributed by atoms with Crippen LogP contribution in [0, 0.1) is 15.2 Å². The number of nitrogens with one attached hydrogen (secondary N) is 1. The summed E-state index contributed by atoms with van der Waals surface area (Å²) in [5, 5.41) is 3.02. The molecule has 0 amide bonds. The van der Waals surface area contributed by atoms with E-state index < -0.39 is 11.6 Å². The normalized spacial score (nSPS) is 10.4. The van der Waals surface area contributed by atoms with Crippen molar-refractivity contribution >= 4 is 51.3 Å². The molecule has 0 aliphatic heterocycles. The van der Waals surface area contributed by atoms with Crippen LogP contribution >= 0.6 is 34.2 Å². The van der Waals surface area contributed by atoms with E-state index in [-0.39, 0.29) is 11.4 Å². The minimum atomic E-state index is -0.762. The van der Waals surface area contributed by atoms with Gasteiger partial charge in [-0.3, -0.25) is 0 Å². The summed E-state index contributed by atoms with van der Waals surface area (Å²) in [6.45, 7) is 0. The van der Waals surface area contributed by atoms with Gasteiger partial charge in [-0.15, -0.1) is 0 Å². The summed E-state index contributed by atoms with van der Waals surface area (Å²) in [5.41, 5.74) is 5.54. The molecule has 0 bridgehead atoms. The molecular weight excluding hydrogens is 372 g/mol. The fourth-order valence-corrected chi connectivity index (χ4v) is 2.10. The van der Waals surface area contributed by atoms with Crippen LogP contribution in [0.15, 0.2) is 30.3 Å². The largest absolute Gasteiger partial charge is 0.399 e. The van der Waals surface area contributed by atoms with E-state index in [9.17, 15) is 8.78 Å². The Hall–Kier alpha value is -1.08. The summed E-state index contributed by atoms with van der Waals surface area (Å²) in [6.07, 6.45) is 0. The highest BCUT2D eigenvalue weighted by Gasteiger charge is 2.12. The maximum atomic E-state index is 13.6. The lowest BCUT2D eigenvalue weighted by Crippen LogP contribution is -2.00. The van der Waals surface area contributed by atoms with Crippen molar-refractivity contribution in [2.75, 3.05) is 11.1 Å². The van der Waals surface area contributed by atoms with Crippen LogP contribution in [0.4, 0.5) is 25.8 Å². The molecule has 0 saturated carbocycles. The van der Waals surface area contributed by atoms with Gasteiger partial charge >= 0.3 is 0 Å². The molecule has 2 aromatic carbocycles. The molecule has 6 heteroatoms.